The second kappa shape index (κ2) is 2.23. The summed E-state index contributed by atoms with van der Waals surface area (Å²) in [5.74, 6) is 0.609. The van der Waals surface area contributed by atoms with Crippen molar-refractivity contribution in [2.24, 2.45) is 17.1 Å². The molecule has 0 saturated heterocycles. The molecule has 0 aromatic rings. The van der Waals surface area contributed by atoms with Crippen molar-refractivity contribution in [3.05, 3.63) is 0 Å². The average Bonchev–Trinajstić information content (AvgIpc) is 2.40. The molecule has 0 aromatic heterocycles. The van der Waals surface area contributed by atoms with E-state index < -0.39 is 0 Å². The van der Waals surface area contributed by atoms with Gasteiger partial charge in [0.1, 0.15) is 0 Å². The fraction of sp³-hybridized carbons (Fsp3) is 0.889. The molecule has 62 valence electrons. The highest BCUT2D eigenvalue weighted by Gasteiger charge is 2.50. The monoisotopic (exact) mass is 153 g/mol. The number of carbonyl (C=O) groups excluding carboxylic acids is 1. The second-order valence-corrected chi connectivity index (χ2v) is 4.00. The Labute approximate surface area is 67.1 Å². The standard InChI is InChI=1S/C9H15NO/c10-8(11)9-5-1-3-7(9)4-2-6-9/h7H,1-6H2,(H2,10,11). The van der Waals surface area contributed by atoms with Crippen LogP contribution in [-0.2, 0) is 4.79 Å². The van der Waals surface area contributed by atoms with Crippen LogP contribution >= 0.6 is 0 Å². The zero-order valence-electron chi connectivity index (χ0n) is 6.81. The van der Waals surface area contributed by atoms with Crippen molar-refractivity contribution in [3.63, 3.8) is 0 Å². The maximum Gasteiger partial charge on any atom is 0.223 e. The molecule has 0 spiro atoms. The quantitative estimate of drug-likeness (QED) is 0.608. The highest BCUT2D eigenvalue weighted by Crippen LogP contribution is 2.53. The summed E-state index contributed by atoms with van der Waals surface area (Å²) in [5.41, 5.74) is 5.38. The van der Waals surface area contributed by atoms with Crippen LogP contribution in [0.25, 0.3) is 0 Å². The molecule has 0 unspecified atom stereocenters. The van der Waals surface area contributed by atoms with Crippen LogP contribution in [0.1, 0.15) is 38.5 Å². The van der Waals surface area contributed by atoms with E-state index in [9.17, 15) is 4.79 Å². The molecule has 0 bridgehead atoms. The number of amides is 1. The highest BCUT2D eigenvalue weighted by molar-refractivity contribution is 5.81. The van der Waals surface area contributed by atoms with Gasteiger partial charge in [-0.25, -0.2) is 0 Å². The van der Waals surface area contributed by atoms with Crippen molar-refractivity contribution in [2.45, 2.75) is 38.5 Å². The summed E-state index contributed by atoms with van der Waals surface area (Å²) in [4.78, 5) is 11.2. The molecule has 11 heavy (non-hydrogen) atoms. The zero-order valence-corrected chi connectivity index (χ0v) is 6.81. The van der Waals surface area contributed by atoms with Crippen molar-refractivity contribution in [1.82, 2.24) is 0 Å². The first-order valence-electron chi connectivity index (χ1n) is 4.56. The lowest BCUT2D eigenvalue weighted by molar-refractivity contribution is -0.128. The molecular formula is C9H15NO. The number of hydrogen-bond donors (Lipinski definition) is 1. The SMILES string of the molecule is NC(=O)C12CCCC1CCC2. The first kappa shape index (κ1) is 7.14. The van der Waals surface area contributed by atoms with Crippen LogP contribution in [0.5, 0.6) is 0 Å². The van der Waals surface area contributed by atoms with Gasteiger partial charge in [0.15, 0.2) is 0 Å². The van der Waals surface area contributed by atoms with E-state index in [-0.39, 0.29) is 11.3 Å². The largest absolute Gasteiger partial charge is 0.369 e. The fourth-order valence-corrected chi connectivity index (χ4v) is 3.01. The number of fused-ring (bicyclic) bond motifs is 1. The normalized spacial score (nSPS) is 42.4. The van der Waals surface area contributed by atoms with E-state index in [4.69, 9.17) is 5.73 Å². The summed E-state index contributed by atoms with van der Waals surface area (Å²) in [6.45, 7) is 0. The van der Waals surface area contributed by atoms with E-state index in [0.29, 0.717) is 5.92 Å². The summed E-state index contributed by atoms with van der Waals surface area (Å²) in [6.07, 6.45) is 7.03. The highest BCUT2D eigenvalue weighted by atomic mass is 16.1. The summed E-state index contributed by atoms with van der Waals surface area (Å²) < 4.78 is 0. The first-order chi connectivity index (χ1) is 5.26. The van der Waals surface area contributed by atoms with Crippen molar-refractivity contribution in [2.75, 3.05) is 0 Å². The van der Waals surface area contributed by atoms with Crippen molar-refractivity contribution in [1.29, 1.82) is 0 Å². The van der Waals surface area contributed by atoms with Gasteiger partial charge in [-0.15, -0.1) is 0 Å². The van der Waals surface area contributed by atoms with Crippen LogP contribution in [0, 0.1) is 11.3 Å². The summed E-state index contributed by atoms with van der Waals surface area (Å²) in [6, 6.07) is 0. The summed E-state index contributed by atoms with van der Waals surface area (Å²) in [7, 11) is 0. The average molecular weight is 153 g/mol. The molecule has 0 aromatic carbocycles. The summed E-state index contributed by atoms with van der Waals surface area (Å²) >= 11 is 0. The molecule has 0 atom stereocenters. The van der Waals surface area contributed by atoms with Crippen molar-refractivity contribution < 1.29 is 4.79 Å². The third-order valence-electron chi connectivity index (χ3n) is 3.62. The van der Waals surface area contributed by atoms with Crippen LogP contribution in [-0.4, -0.2) is 5.91 Å². The van der Waals surface area contributed by atoms with Gasteiger partial charge in [-0.1, -0.05) is 12.8 Å². The van der Waals surface area contributed by atoms with E-state index in [1.807, 2.05) is 0 Å². The lowest BCUT2D eigenvalue weighted by Gasteiger charge is -2.24. The molecule has 0 heterocycles. The zero-order chi connectivity index (χ0) is 7.90. The second-order valence-electron chi connectivity index (χ2n) is 4.00. The topological polar surface area (TPSA) is 43.1 Å². The maximum absolute atomic E-state index is 11.2. The lowest BCUT2D eigenvalue weighted by atomic mass is 9.80. The Bertz CT molecular complexity index is 178. The molecule has 0 aliphatic heterocycles. The van der Waals surface area contributed by atoms with Gasteiger partial charge in [0.05, 0.1) is 5.41 Å². The van der Waals surface area contributed by atoms with E-state index in [1.54, 1.807) is 0 Å². The molecule has 2 nitrogen and oxygen atoms in total. The number of carbonyl (C=O) groups is 1. The van der Waals surface area contributed by atoms with Crippen LogP contribution in [0.15, 0.2) is 0 Å². The number of primary amides is 1. The predicted octanol–water partition coefficient (Wildman–Crippen LogP) is 1.44. The van der Waals surface area contributed by atoms with E-state index in [1.165, 1.54) is 25.7 Å². The predicted molar refractivity (Wildman–Crippen MR) is 42.8 cm³/mol. The Morgan fingerprint density at radius 3 is 2.18 bits per heavy atom. The Kier molecular flexibility index (Phi) is 1.44. The van der Waals surface area contributed by atoms with E-state index in [0.717, 1.165) is 12.8 Å². The van der Waals surface area contributed by atoms with Crippen LogP contribution < -0.4 is 5.73 Å². The lowest BCUT2D eigenvalue weighted by Crippen LogP contribution is -2.36. The molecule has 2 heteroatoms. The molecular weight excluding hydrogens is 138 g/mol. The number of nitrogens with two attached hydrogens (primary N) is 1. The Morgan fingerprint density at radius 1 is 1.27 bits per heavy atom. The van der Waals surface area contributed by atoms with Gasteiger partial charge in [-0.2, -0.15) is 0 Å². The van der Waals surface area contributed by atoms with Crippen LogP contribution in [0.3, 0.4) is 0 Å². The van der Waals surface area contributed by atoms with E-state index >= 15 is 0 Å². The van der Waals surface area contributed by atoms with Gasteiger partial charge in [0, 0.05) is 0 Å². The minimum Gasteiger partial charge on any atom is -0.369 e. The van der Waals surface area contributed by atoms with E-state index in [2.05, 4.69) is 0 Å². The molecule has 2 fully saturated rings. The molecule has 2 saturated carbocycles. The summed E-state index contributed by atoms with van der Waals surface area (Å²) in [5, 5.41) is 0. The third-order valence-corrected chi connectivity index (χ3v) is 3.62. The molecule has 2 aliphatic rings. The van der Waals surface area contributed by atoms with Gasteiger partial charge >= 0.3 is 0 Å². The maximum atomic E-state index is 11.2. The van der Waals surface area contributed by atoms with Crippen LogP contribution in [0.2, 0.25) is 0 Å². The van der Waals surface area contributed by atoms with Gasteiger partial charge in [0.2, 0.25) is 5.91 Å². The fourth-order valence-electron chi connectivity index (χ4n) is 3.01. The smallest absolute Gasteiger partial charge is 0.223 e. The Balaban J connectivity index is 2.26. The minimum absolute atomic E-state index is 0.0301. The van der Waals surface area contributed by atoms with Crippen molar-refractivity contribution in [3.8, 4) is 0 Å². The van der Waals surface area contributed by atoms with Crippen molar-refractivity contribution >= 4 is 5.91 Å². The Hall–Kier alpha value is -0.530. The molecule has 2 aliphatic carbocycles. The van der Waals surface area contributed by atoms with Crippen LogP contribution in [0.4, 0.5) is 0 Å². The Morgan fingerprint density at radius 2 is 1.82 bits per heavy atom. The van der Waals surface area contributed by atoms with Gasteiger partial charge < -0.3 is 5.73 Å². The minimum atomic E-state index is -0.0556. The van der Waals surface area contributed by atoms with Gasteiger partial charge in [-0.05, 0) is 31.6 Å². The third kappa shape index (κ3) is 0.815. The molecule has 1 amide bonds. The molecule has 0 radical (unpaired) electrons. The molecule has 2 rings (SSSR count). The molecule has 2 N–H and O–H groups in total. The first-order valence-corrected chi connectivity index (χ1v) is 4.56. The van der Waals surface area contributed by atoms with Gasteiger partial charge in [-0.3, -0.25) is 4.79 Å². The van der Waals surface area contributed by atoms with Gasteiger partial charge in [0.25, 0.3) is 0 Å². The number of hydrogen-bond acceptors (Lipinski definition) is 1. The number of rotatable bonds is 1.